The molecule has 0 spiro atoms. The molecule has 15 heavy (non-hydrogen) atoms. The van der Waals surface area contributed by atoms with Crippen LogP contribution in [0.1, 0.15) is 5.82 Å². The first kappa shape index (κ1) is 7.91. The highest BCUT2D eigenvalue weighted by atomic mass is 15.4. The second-order valence-electron chi connectivity index (χ2n) is 2.78. The first-order valence-electron chi connectivity index (χ1n) is 4.04. The Kier molecular flexibility index (Phi) is 1.46. The second kappa shape index (κ2) is 2.77. The Labute approximate surface area is 82.0 Å². The Morgan fingerprint density at radius 1 is 0.667 bits per heavy atom. The average Bonchev–Trinajstić information content (AvgIpc) is 2.29. The van der Waals surface area contributed by atoms with Crippen LogP contribution in [-0.2, 0) is 0 Å². The van der Waals surface area contributed by atoms with Crippen molar-refractivity contribution in [3.8, 4) is 0 Å². The van der Waals surface area contributed by atoms with Crippen molar-refractivity contribution < 1.29 is 0 Å². The van der Waals surface area contributed by atoms with Crippen molar-refractivity contribution in [2.45, 2.75) is 6.92 Å². The number of hydrogen-bond donors (Lipinski definition) is 0. The lowest BCUT2D eigenvalue weighted by Crippen LogP contribution is -2.02. The SMILES string of the molecule is Cc1nnc2nnc3nnnnc3c2n1. The zero-order valence-corrected chi connectivity index (χ0v) is 7.52. The van der Waals surface area contributed by atoms with E-state index >= 15 is 0 Å². The number of nitrogens with zero attached hydrogens (tertiary/aromatic N) is 9. The van der Waals surface area contributed by atoms with Gasteiger partial charge < -0.3 is 0 Å². The predicted molar refractivity (Wildman–Crippen MR) is 46.3 cm³/mol. The summed E-state index contributed by atoms with van der Waals surface area (Å²) in [5.74, 6) is 0.524. The van der Waals surface area contributed by atoms with E-state index in [0.717, 1.165) is 0 Å². The van der Waals surface area contributed by atoms with Crippen molar-refractivity contribution >= 4 is 22.3 Å². The van der Waals surface area contributed by atoms with Crippen molar-refractivity contribution in [3.63, 3.8) is 0 Å². The molecule has 0 aromatic carbocycles. The summed E-state index contributed by atoms with van der Waals surface area (Å²) in [5, 5.41) is 29.4. The topological polar surface area (TPSA) is 116 Å². The number of fused-ring (bicyclic) bond motifs is 3. The second-order valence-corrected chi connectivity index (χ2v) is 2.78. The molecule has 0 N–H and O–H groups in total. The minimum atomic E-state index is 0.289. The number of hydrogen-bond acceptors (Lipinski definition) is 9. The molecule has 3 aromatic heterocycles. The van der Waals surface area contributed by atoms with E-state index < -0.39 is 0 Å². The van der Waals surface area contributed by atoms with Gasteiger partial charge in [-0.2, -0.15) is 0 Å². The van der Waals surface area contributed by atoms with E-state index in [1.165, 1.54) is 0 Å². The fourth-order valence-corrected chi connectivity index (χ4v) is 1.16. The van der Waals surface area contributed by atoms with Gasteiger partial charge in [-0.3, -0.25) is 0 Å². The zero-order valence-electron chi connectivity index (χ0n) is 7.52. The molecule has 0 aliphatic rings. The Morgan fingerprint density at radius 3 is 2.20 bits per heavy atom. The fraction of sp³-hybridized carbons (Fsp3) is 0.167. The van der Waals surface area contributed by atoms with E-state index in [1.807, 2.05) is 0 Å². The summed E-state index contributed by atoms with van der Waals surface area (Å²) >= 11 is 0. The molecular weight excluding hydrogens is 198 g/mol. The molecular formula is C6H3N9. The molecule has 0 bridgehead atoms. The van der Waals surface area contributed by atoms with Crippen molar-refractivity contribution in [2.24, 2.45) is 0 Å². The van der Waals surface area contributed by atoms with Crippen molar-refractivity contribution in [1.29, 1.82) is 0 Å². The van der Waals surface area contributed by atoms with Crippen LogP contribution < -0.4 is 0 Å². The lowest BCUT2D eigenvalue weighted by atomic mass is 10.4. The third-order valence-corrected chi connectivity index (χ3v) is 1.77. The maximum Gasteiger partial charge on any atom is 0.228 e. The van der Waals surface area contributed by atoms with E-state index in [2.05, 4.69) is 46.0 Å². The molecule has 0 aliphatic heterocycles. The third kappa shape index (κ3) is 1.13. The first-order chi connectivity index (χ1) is 7.34. The van der Waals surface area contributed by atoms with Crippen LogP contribution in [0.3, 0.4) is 0 Å². The van der Waals surface area contributed by atoms with Crippen LogP contribution in [0.15, 0.2) is 0 Å². The molecule has 0 saturated carbocycles. The Morgan fingerprint density at radius 2 is 1.33 bits per heavy atom. The quantitative estimate of drug-likeness (QED) is 0.415. The largest absolute Gasteiger partial charge is 0.228 e. The van der Waals surface area contributed by atoms with Gasteiger partial charge >= 0.3 is 0 Å². The molecule has 0 fully saturated rings. The molecule has 9 nitrogen and oxygen atoms in total. The van der Waals surface area contributed by atoms with Crippen molar-refractivity contribution in [3.05, 3.63) is 5.82 Å². The molecule has 3 heterocycles. The molecule has 3 aromatic rings. The lowest BCUT2D eigenvalue weighted by Gasteiger charge is -1.96. The summed E-state index contributed by atoms with van der Waals surface area (Å²) in [7, 11) is 0. The Bertz CT molecular complexity index is 650. The Hall–Kier alpha value is -2.45. The molecule has 0 saturated heterocycles. The minimum Gasteiger partial charge on any atom is -0.225 e. The minimum absolute atomic E-state index is 0.289. The van der Waals surface area contributed by atoms with E-state index in [-0.39, 0.29) is 5.65 Å². The molecule has 0 unspecified atom stereocenters. The molecule has 72 valence electrons. The van der Waals surface area contributed by atoms with Gasteiger partial charge in [0.25, 0.3) is 0 Å². The Balaban J connectivity index is 2.57. The normalized spacial score (nSPS) is 11.0. The fourth-order valence-electron chi connectivity index (χ4n) is 1.16. The summed E-state index contributed by atoms with van der Waals surface area (Å²) in [6.45, 7) is 1.72. The van der Waals surface area contributed by atoms with Gasteiger partial charge in [-0.25, -0.2) is 4.98 Å². The van der Waals surface area contributed by atoms with Gasteiger partial charge in [0.1, 0.15) is 11.3 Å². The van der Waals surface area contributed by atoms with E-state index in [4.69, 9.17) is 0 Å². The van der Waals surface area contributed by atoms with Gasteiger partial charge in [-0.15, -0.1) is 30.6 Å². The highest BCUT2D eigenvalue weighted by Gasteiger charge is 2.09. The van der Waals surface area contributed by atoms with Crippen LogP contribution in [0.25, 0.3) is 22.3 Å². The number of aromatic nitrogens is 9. The third-order valence-electron chi connectivity index (χ3n) is 1.77. The highest BCUT2D eigenvalue weighted by molar-refractivity contribution is 5.94. The van der Waals surface area contributed by atoms with Gasteiger partial charge in [0, 0.05) is 0 Å². The van der Waals surface area contributed by atoms with Crippen LogP contribution >= 0.6 is 0 Å². The van der Waals surface area contributed by atoms with Gasteiger partial charge in [-0.1, -0.05) is 0 Å². The van der Waals surface area contributed by atoms with E-state index in [0.29, 0.717) is 22.5 Å². The van der Waals surface area contributed by atoms with Gasteiger partial charge in [0.2, 0.25) is 11.3 Å². The molecule has 0 radical (unpaired) electrons. The van der Waals surface area contributed by atoms with E-state index in [1.54, 1.807) is 6.92 Å². The van der Waals surface area contributed by atoms with Gasteiger partial charge in [-0.05, 0) is 17.4 Å². The van der Waals surface area contributed by atoms with Crippen LogP contribution in [0.4, 0.5) is 0 Å². The summed E-state index contributed by atoms with van der Waals surface area (Å²) in [6, 6.07) is 0. The summed E-state index contributed by atoms with van der Waals surface area (Å²) in [6.07, 6.45) is 0. The summed E-state index contributed by atoms with van der Waals surface area (Å²) in [5.41, 5.74) is 1.51. The molecule has 9 heteroatoms. The molecule has 0 amide bonds. The van der Waals surface area contributed by atoms with Crippen molar-refractivity contribution in [1.82, 2.24) is 46.0 Å². The lowest BCUT2D eigenvalue weighted by molar-refractivity contribution is 0.783. The first-order valence-corrected chi connectivity index (χ1v) is 4.04. The summed E-state index contributed by atoms with van der Waals surface area (Å²) < 4.78 is 0. The monoisotopic (exact) mass is 201 g/mol. The average molecular weight is 201 g/mol. The molecule has 0 atom stereocenters. The zero-order chi connectivity index (χ0) is 10.3. The standard InChI is InChI=1S/C6H3N9/c1-2-7-3-4-6(13-15-14-9-4)12-11-5(3)10-8-2/h1H3. The van der Waals surface area contributed by atoms with Gasteiger partial charge in [0.05, 0.1) is 0 Å². The number of aryl methyl sites for hydroxylation is 1. The highest BCUT2D eigenvalue weighted by Crippen LogP contribution is 2.11. The summed E-state index contributed by atoms with van der Waals surface area (Å²) in [4.78, 5) is 4.16. The van der Waals surface area contributed by atoms with Crippen molar-refractivity contribution in [2.75, 3.05) is 0 Å². The smallest absolute Gasteiger partial charge is 0.225 e. The number of rotatable bonds is 0. The van der Waals surface area contributed by atoms with Gasteiger partial charge in [0.15, 0.2) is 5.52 Å². The van der Waals surface area contributed by atoms with Crippen LogP contribution in [-0.4, -0.2) is 46.0 Å². The van der Waals surface area contributed by atoms with Crippen LogP contribution in [0, 0.1) is 6.92 Å². The maximum atomic E-state index is 4.16. The molecule has 3 rings (SSSR count). The van der Waals surface area contributed by atoms with E-state index in [9.17, 15) is 0 Å². The van der Waals surface area contributed by atoms with Crippen LogP contribution in [0.2, 0.25) is 0 Å². The molecule has 0 aliphatic carbocycles. The van der Waals surface area contributed by atoms with Crippen LogP contribution in [0.5, 0.6) is 0 Å². The predicted octanol–water partition coefficient (Wildman–Crippen LogP) is -1.14. The maximum absolute atomic E-state index is 4.16.